The van der Waals surface area contributed by atoms with Crippen molar-refractivity contribution in [3.05, 3.63) is 206 Å². The summed E-state index contributed by atoms with van der Waals surface area (Å²) in [6, 6.07) is 73.3. The number of nitrogens with zero attached hydrogens (tertiary/aromatic N) is 4. The Morgan fingerprint density at radius 3 is 1.66 bits per heavy atom. The molecule has 6 heteroatoms. The van der Waals surface area contributed by atoms with Gasteiger partial charge in [0.05, 0.1) is 22.1 Å². The number of thiophene rings is 1. The second kappa shape index (κ2) is 14.0. The first-order chi connectivity index (χ1) is 32.2. The first kappa shape index (κ1) is 36.1. The summed E-state index contributed by atoms with van der Waals surface area (Å²) in [5, 5.41) is 11.6. The molecule has 5 nitrogen and oxygen atoms in total. The lowest BCUT2D eigenvalue weighted by Crippen LogP contribution is -2.04. The smallest absolute Gasteiger partial charge is 0.166 e. The molecule has 0 saturated heterocycles. The molecule has 10 aromatic carbocycles. The molecule has 302 valence electrons. The highest BCUT2D eigenvalue weighted by molar-refractivity contribution is 7.25. The maximum atomic E-state index is 6.69. The summed E-state index contributed by atoms with van der Waals surface area (Å²) in [6.07, 6.45) is 0. The van der Waals surface area contributed by atoms with Crippen molar-refractivity contribution < 1.29 is 4.42 Å². The van der Waals surface area contributed by atoms with Gasteiger partial charge in [0, 0.05) is 53.0 Å². The van der Waals surface area contributed by atoms with Gasteiger partial charge in [-0.25, -0.2) is 15.0 Å². The van der Waals surface area contributed by atoms with Crippen LogP contribution in [0.25, 0.3) is 136 Å². The van der Waals surface area contributed by atoms with Crippen LogP contribution in [0.1, 0.15) is 0 Å². The minimum absolute atomic E-state index is 0.574. The van der Waals surface area contributed by atoms with E-state index in [9.17, 15) is 0 Å². The average molecular weight is 847 g/mol. The molecule has 0 unspecified atom stereocenters. The molecule has 4 aromatic heterocycles. The van der Waals surface area contributed by atoms with E-state index in [4.69, 9.17) is 19.4 Å². The summed E-state index contributed by atoms with van der Waals surface area (Å²) < 4.78 is 11.6. The van der Waals surface area contributed by atoms with Crippen LogP contribution in [0.5, 0.6) is 0 Å². The molecule has 0 atom stereocenters. The highest BCUT2D eigenvalue weighted by atomic mass is 32.1. The van der Waals surface area contributed by atoms with Crippen molar-refractivity contribution in [1.29, 1.82) is 0 Å². The summed E-state index contributed by atoms with van der Waals surface area (Å²) in [6.45, 7) is 0. The molecule has 0 spiro atoms. The van der Waals surface area contributed by atoms with E-state index < -0.39 is 0 Å². The maximum absolute atomic E-state index is 6.69. The number of rotatable bonds is 5. The van der Waals surface area contributed by atoms with Crippen LogP contribution in [0, 0.1) is 0 Å². The zero-order valence-electron chi connectivity index (χ0n) is 34.7. The predicted octanol–water partition coefficient (Wildman–Crippen LogP) is 16.2. The summed E-state index contributed by atoms with van der Waals surface area (Å²) in [5.74, 6) is 1.78. The third-order valence-electron chi connectivity index (χ3n) is 13.0. The van der Waals surface area contributed by atoms with E-state index in [1.165, 1.54) is 52.5 Å². The van der Waals surface area contributed by atoms with Gasteiger partial charge in [0.1, 0.15) is 11.2 Å². The summed E-state index contributed by atoms with van der Waals surface area (Å²) >= 11 is 1.79. The third-order valence-corrected chi connectivity index (χ3v) is 14.1. The number of para-hydroxylation sites is 1. The van der Waals surface area contributed by atoms with Crippen molar-refractivity contribution >= 4 is 96.8 Å². The topological polar surface area (TPSA) is 56.7 Å². The SMILES string of the molecule is c1ccc(-c2cccc(-c3nc(-c4ccc5c(c4)sc4ccccc45)nc(-c4ccc5oc6ccccc6c5c4-n4c5cc6ccccc6cc5c5cc6ccccc6cc54)n3)c2)cc1. The number of fused-ring (bicyclic) bond motifs is 11. The van der Waals surface area contributed by atoms with Gasteiger partial charge in [-0.1, -0.05) is 146 Å². The van der Waals surface area contributed by atoms with Crippen molar-refractivity contribution in [3.8, 4) is 51.0 Å². The van der Waals surface area contributed by atoms with Crippen LogP contribution in [0.15, 0.2) is 211 Å². The third kappa shape index (κ3) is 5.67. The minimum atomic E-state index is 0.574. The molecule has 65 heavy (non-hydrogen) atoms. The zero-order chi connectivity index (χ0) is 42.6. The summed E-state index contributed by atoms with van der Waals surface area (Å²) in [7, 11) is 0. The number of aromatic nitrogens is 4. The predicted molar refractivity (Wildman–Crippen MR) is 271 cm³/mol. The molecule has 14 aromatic rings. The number of furan rings is 1. The van der Waals surface area contributed by atoms with E-state index in [-0.39, 0.29) is 0 Å². The van der Waals surface area contributed by atoms with Crippen molar-refractivity contribution in [2.24, 2.45) is 0 Å². The van der Waals surface area contributed by atoms with Crippen molar-refractivity contribution in [1.82, 2.24) is 19.5 Å². The largest absolute Gasteiger partial charge is 0.456 e. The number of hydrogen-bond donors (Lipinski definition) is 0. The van der Waals surface area contributed by atoms with E-state index in [2.05, 4.69) is 199 Å². The Balaban J connectivity index is 1.11. The van der Waals surface area contributed by atoms with Crippen LogP contribution in [-0.2, 0) is 0 Å². The standard InChI is InChI=1S/C59H34N4OS/c1-2-13-35(14-3-1)36-19-12-20-41(29-36)57-60-58(42-25-26-44-43-21-9-11-24-53(43)65-54(44)34-42)62-59(61-57)46-27-28-52-55(45-22-8-10-23-51(45)64-52)56(46)63-49-32-39-17-6-4-15-37(39)30-47(49)48-31-38-16-5-7-18-40(38)33-50(48)63/h1-34H. The Morgan fingerprint density at radius 2 is 0.923 bits per heavy atom. The van der Waals surface area contributed by atoms with Gasteiger partial charge in [0.2, 0.25) is 0 Å². The van der Waals surface area contributed by atoms with Gasteiger partial charge in [-0.2, -0.15) is 0 Å². The Morgan fingerprint density at radius 1 is 0.354 bits per heavy atom. The highest BCUT2D eigenvalue weighted by Crippen LogP contribution is 2.45. The molecule has 14 rings (SSSR count). The lowest BCUT2D eigenvalue weighted by molar-refractivity contribution is 0.669. The lowest BCUT2D eigenvalue weighted by atomic mass is 10.0. The van der Waals surface area contributed by atoms with E-state index in [0.717, 1.165) is 66.5 Å². The number of benzene rings is 10. The second-order valence-electron chi connectivity index (χ2n) is 16.8. The van der Waals surface area contributed by atoms with Crippen LogP contribution < -0.4 is 0 Å². The Bertz CT molecular complexity index is 4160. The number of hydrogen-bond acceptors (Lipinski definition) is 5. The molecule has 0 radical (unpaired) electrons. The van der Waals surface area contributed by atoms with Crippen LogP contribution in [0.4, 0.5) is 0 Å². The molecule has 0 aliphatic heterocycles. The van der Waals surface area contributed by atoms with Crippen molar-refractivity contribution in [2.45, 2.75) is 0 Å². The second-order valence-corrected chi connectivity index (χ2v) is 17.8. The molecule has 0 saturated carbocycles. The van der Waals surface area contributed by atoms with Gasteiger partial charge in [0.25, 0.3) is 0 Å². The molecule has 0 amide bonds. The van der Waals surface area contributed by atoms with E-state index in [0.29, 0.717) is 17.5 Å². The van der Waals surface area contributed by atoms with Gasteiger partial charge in [0.15, 0.2) is 17.5 Å². The Labute approximate surface area is 376 Å². The quantitative estimate of drug-likeness (QED) is 0.173. The van der Waals surface area contributed by atoms with Crippen molar-refractivity contribution in [2.75, 3.05) is 0 Å². The Hall–Kier alpha value is -8.45. The monoisotopic (exact) mass is 846 g/mol. The summed E-state index contributed by atoms with van der Waals surface area (Å²) in [4.78, 5) is 16.3. The molecule has 0 N–H and O–H groups in total. The molecular formula is C59H34N4OS. The van der Waals surface area contributed by atoms with Gasteiger partial charge in [-0.3, -0.25) is 0 Å². The average Bonchev–Trinajstić information content (AvgIpc) is 4.03. The molecular weight excluding hydrogens is 813 g/mol. The van der Waals surface area contributed by atoms with Gasteiger partial charge in [-0.05, 0) is 93.3 Å². The van der Waals surface area contributed by atoms with Crippen LogP contribution in [0.2, 0.25) is 0 Å². The van der Waals surface area contributed by atoms with Gasteiger partial charge in [-0.15, -0.1) is 11.3 Å². The minimum Gasteiger partial charge on any atom is -0.456 e. The fourth-order valence-electron chi connectivity index (χ4n) is 9.93. The first-order valence-electron chi connectivity index (χ1n) is 21.8. The van der Waals surface area contributed by atoms with E-state index in [1.54, 1.807) is 11.3 Å². The molecule has 4 heterocycles. The van der Waals surface area contributed by atoms with Crippen LogP contribution in [-0.4, -0.2) is 19.5 Å². The van der Waals surface area contributed by atoms with E-state index >= 15 is 0 Å². The lowest BCUT2D eigenvalue weighted by Gasteiger charge is -2.16. The fraction of sp³-hybridized carbons (Fsp3) is 0. The van der Waals surface area contributed by atoms with Crippen LogP contribution >= 0.6 is 11.3 Å². The van der Waals surface area contributed by atoms with Gasteiger partial charge >= 0.3 is 0 Å². The maximum Gasteiger partial charge on any atom is 0.166 e. The highest BCUT2D eigenvalue weighted by Gasteiger charge is 2.25. The van der Waals surface area contributed by atoms with E-state index in [1.807, 2.05) is 12.1 Å². The normalized spacial score (nSPS) is 12.0. The first-order valence-corrected chi connectivity index (χ1v) is 22.6. The van der Waals surface area contributed by atoms with Gasteiger partial charge < -0.3 is 8.98 Å². The fourth-order valence-corrected chi connectivity index (χ4v) is 11.1. The van der Waals surface area contributed by atoms with Crippen LogP contribution in [0.3, 0.4) is 0 Å². The summed E-state index contributed by atoms with van der Waals surface area (Å²) in [5.41, 5.74) is 9.69. The molecule has 0 aliphatic rings. The molecule has 0 bridgehead atoms. The molecule has 0 aliphatic carbocycles. The van der Waals surface area contributed by atoms with Crippen molar-refractivity contribution in [3.63, 3.8) is 0 Å². The zero-order valence-corrected chi connectivity index (χ0v) is 35.6. The molecule has 0 fully saturated rings. The Kier molecular flexibility index (Phi) is 7.79.